The van der Waals surface area contributed by atoms with Crippen molar-refractivity contribution in [3.8, 4) is 0 Å². The van der Waals surface area contributed by atoms with Crippen LogP contribution < -0.4 is 20.2 Å². The lowest BCUT2D eigenvalue weighted by Gasteiger charge is -2.30. The normalized spacial score (nSPS) is 19.7. The third kappa shape index (κ3) is 5.31. The third-order valence-electron chi connectivity index (χ3n) is 7.34. The number of nitrogens with two attached hydrogens (primary N) is 1. The average molecular weight is 639 g/mol. The van der Waals surface area contributed by atoms with Crippen molar-refractivity contribution in [1.29, 1.82) is 0 Å². The highest BCUT2D eigenvalue weighted by molar-refractivity contribution is 8.00. The number of thioether (sulfide) groups is 1. The van der Waals surface area contributed by atoms with Gasteiger partial charge in [-0.1, -0.05) is 52.9 Å². The molecular weight excluding hydrogens is 616 g/mol. The van der Waals surface area contributed by atoms with E-state index in [1.807, 2.05) is 6.92 Å². The number of halogens is 1. The number of aryl methyl sites for hydroxylation is 1. The molecule has 4 aromatic rings. The predicted molar refractivity (Wildman–Crippen MR) is 160 cm³/mol. The molecule has 3 aromatic carbocycles. The number of amides is 3. The van der Waals surface area contributed by atoms with E-state index in [4.69, 9.17) is 5.14 Å². The van der Waals surface area contributed by atoms with Gasteiger partial charge >= 0.3 is 4.87 Å². The van der Waals surface area contributed by atoms with Crippen LogP contribution in [0.5, 0.6) is 0 Å². The molecule has 0 spiro atoms. The summed E-state index contributed by atoms with van der Waals surface area (Å²) in [6.45, 7) is 1.50. The second kappa shape index (κ2) is 10.9. The Labute approximate surface area is 253 Å². The summed E-state index contributed by atoms with van der Waals surface area (Å²) in [7, 11) is -3.91. The lowest BCUT2D eigenvalue weighted by atomic mass is 9.83. The van der Waals surface area contributed by atoms with Crippen molar-refractivity contribution >= 4 is 62.2 Å². The minimum atomic E-state index is -3.91. The van der Waals surface area contributed by atoms with Crippen LogP contribution in [0.25, 0.3) is 0 Å². The maximum Gasteiger partial charge on any atom is 0.308 e. The minimum Gasteiger partial charge on any atom is -0.325 e. The van der Waals surface area contributed by atoms with Gasteiger partial charge in [0.15, 0.2) is 0 Å². The molecule has 2 aliphatic rings. The van der Waals surface area contributed by atoms with Gasteiger partial charge in [-0.3, -0.25) is 23.7 Å². The van der Waals surface area contributed by atoms with Gasteiger partial charge in [0.1, 0.15) is 17.6 Å². The monoisotopic (exact) mass is 638 g/mol. The van der Waals surface area contributed by atoms with Crippen molar-refractivity contribution in [3.05, 3.63) is 104 Å². The quantitative estimate of drug-likeness (QED) is 0.308. The molecule has 43 heavy (non-hydrogen) atoms. The fourth-order valence-electron chi connectivity index (χ4n) is 5.30. The smallest absolute Gasteiger partial charge is 0.308 e. The summed E-state index contributed by atoms with van der Waals surface area (Å²) in [6.07, 6.45) is 0. The van der Waals surface area contributed by atoms with Crippen LogP contribution in [-0.2, 0) is 31.0 Å². The number of carbonyl (C=O) groups excluding carboxylic acids is 3. The number of benzene rings is 3. The van der Waals surface area contributed by atoms with Gasteiger partial charge < -0.3 is 5.32 Å². The van der Waals surface area contributed by atoms with E-state index in [1.165, 1.54) is 53.1 Å². The zero-order valence-corrected chi connectivity index (χ0v) is 24.8. The number of nitrogens with one attached hydrogen (secondary N) is 1. The van der Waals surface area contributed by atoms with Crippen LogP contribution in [0.3, 0.4) is 0 Å². The van der Waals surface area contributed by atoms with E-state index in [-0.39, 0.29) is 10.6 Å². The van der Waals surface area contributed by atoms with E-state index >= 15 is 0 Å². The van der Waals surface area contributed by atoms with Gasteiger partial charge in [-0.25, -0.2) is 22.8 Å². The van der Waals surface area contributed by atoms with Crippen LogP contribution in [0.1, 0.15) is 21.9 Å². The highest BCUT2D eigenvalue weighted by Gasteiger charge is 2.56. The van der Waals surface area contributed by atoms with Gasteiger partial charge in [0.25, 0.3) is 0 Å². The fraction of sp³-hybridized carbons (Fsp3) is 0.172. The van der Waals surface area contributed by atoms with Crippen molar-refractivity contribution < 1.29 is 27.2 Å². The zero-order chi connectivity index (χ0) is 30.6. The second-order valence-corrected chi connectivity index (χ2v) is 13.9. The topological polar surface area (TPSA) is 149 Å². The molecule has 14 heteroatoms. The molecule has 3 atom stereocenters. The molecule has 0 saturated carbocycles. The number of nitrogens with zero attached hydrogens (tertiary/aromatic N) is 2. The van der Waals surface area contributed by atoms with Crippen molar-refractivity contribution in [2.45, 2.75) is 34.6 Å². The summed E-state index contributed by atoms with van der Waals surface area (Å²) >= 11 is 1.95. The lowest BCUT2D eigenvalue weighted by molar-refractivity contribution is -0.122. The lowest BCUT2D eigenvalue weighted by Crippen LogP contribution is -2.33. The van der Waals surface area contributed by atoms with Crippen LogP contribution in [0, 0.1) is 18.7 Å². The van der Waals surface area contributed by atoms with E-state index in [2.05, 4.69) is 5.32 Å². The van der Waals surface area contributed by atoms with Crippen molar-refractivity contribution in [1.82, 2.24) is 4.57 Å². The van der Waals surface area contributed by atoms with Gasteiger partial charge in [-0.15, -0.1) is 0 Å². The number of fused-ring (bicyclic) bond motifs is 2. The number of carbonyl (C=O) groups is 3. The molecule has 6 rings (SSSR count). The number of imide groups is 1. The molecule has 1 aromatic heterocycles. The van der Waals surface area contributed by atoms with Gasteiger partial charge in [0.05, 0.1) is 21.5 Å². The molecule has 10 nitrogen and oxygen atoms in total. The van der Waals surface area contributed by atoms with Gasteiger partial charge in [0.2, 0.25) is 27.7 Å². The minimum absolute atomic E-state index is 0.123. The van der Waals surface area contributed by atoms with Gasteiger partial charge in [0, 0.05) is 16.5 Å². The van der Waals surface area contributed by atoms with Crippen LogP contribution in [0.4, 0.5) is 15.8 Å². The number of rotatable bonds is 6. The Morgan fingerprint density at radius 1 is 0.953 bits per heavy atom. The first-order valence-electron chi connectivity index (χ1n) is 12.9. The van der Waals surface area contributed by atoms with E-state index in [1.54, 1.807) is 24.3 Å². The molecule has 220 valence electrons. The summed E-state index contributed by atoms with van der Waals surface area (Å²) in [4.78, 5) is 55.0. The first kappa shape index (κ1) is 29.0. The highest BCUT2D eigenvalue weighted by atomic mass is 32.2. The maximum atomic E-state index is 13.9. The Balaban J connectivity index is 1.36. The molecule has 3 unspecified atom stereocenters. The SMILES string of the molecule is Cc1ccc(N2C(=O)C3Sc4c(sc(=O)n4CC(=O)Nc4ccc(S(N)(=O)=O)cc4)C(c4ccc(F)cc4)C3C2=O)cc1. The van der Waals surface area contributed by atoms with E-state index in [9.17, 15) is 32.0 Å². The number of aromatic nitrogens is 1. The van der Waals surface area contributed by atoms with Crippen molar-refractivity contribution in [3.63, 3.8) is 0 Å². The highest BCUT2D eigenvalue weighted by Crippen LogP contribution is 2.53. The zero-order valence-electron chi connectivity index (χ0n) is 22.4. The molecule has 2 aliphatic heterocycles. The Morgan fingerprint density at radius 2 is 1.60 bits per heavy atom. The summed E-state index contributed by atoms with van der Waals surface area (Å²) < 4.78 is 38.2. The molecule has 3 N–H and O–H groups in total. The van der Waals surface area contributed by atoms with Crippen LogP contribution in [0.2, 0.25) is 0 Å². The molecule has 0 radical (unpaired) electrons. The summed E-state index contributed by atoms with van der Waals surface area (Å²) in [5.74, 6) is -3.47. The van der Waals surface area contributed by atoms with Crippen LogP contribution in [0.15, 0.2) is 87.5 Å². The Kier molecular flexibility index (Phi) is 7.32. The molecule has 1 saturated heterocycles. The Bertz CT molecular complexity index is 1940. The number of anilines is 2. The molecule has 1 fully saturated rings. The summed E-state index contributed by atoms with van der Waals surface area (Å²) in [5, 5.41) is 7.25. The molecule has 0 bridgehead atoms. The first-order chi connectivity index (χ1) is 20.4. The third-order valence-corrected chi connectivity index (χ3v) is 10.9. The van der Waals surface area contributed by atoms with Crippen molar-refractivity contribution in [2.24, 2.45) is 11.1 Å². The summed E-state index contributed by atoms with van der Waals surface area (Å²) in [6, 6.07) is 17.8. The number of thiazole rings is 1. The number of hydrogen-bond acceptors (Lipinski definition) is 8. The van der Waals surface area contributed by atoms with Gasteiger partial charge in [-0.2, -0.15) is 0 Å². The molecule has 3 heterocycles. The first-order valence-corrected chi connectivity index (χ1v) is 16.2. The molecular formula is C29H23FN4O6S3. The maximum absolute atomic E-state index is 13.9. The Morgan fingerprint density at radius 3 is 2.23 bits per heavy atom. The number of hydrogen-bond donors (Lipinski definition) is 2. The Hall–Kier alpha value is -4.11. The predicted octanol–water partition coefficient (Wildman–Crippen LogP) is 3.44. The second-order valence-electron chi connectivity index (χ2n) is 10.2. The number of primary sulfonamides is 1. The molecule has 3 amide bonds. The van der Waals surface area contributed by atoms with Crippen molar-refractivity contribution in [2.75, 3.05) is 10.2 Å². The van der Waals surface area contributed by atoms with Crippen LogP contribution >= 0.6 is 23.1 Å². The van der Waals surface area contributed by atoms with Gasteiger partial charge in [-0.05, 0) is 61.0 Å². The average Bonchev–Trinajstić information content (AvgIpc) is 3.40. The largest absolute Gasteiger partial charge is 0.325 e. The molecule has 0 aliphatic carbocycles. The van der Waals surface area contributed by atoms with E-state index in [0.717, 1.165) is 33.6 Å². The standard InChI is InChI=1S/C29H23FN4O6S3/c1-15-2-10-19(11-3-15)34-26(36)23-22(16-4-6-17(30)7-5-16)25-28(41-24(23)27(34)37)33(29(38)42-25)14-21(35)32-18-8-12-20(13-9-18)43(31,39)40/h2-13,22-24H,14H2,1H3,(H,32,35)(H2,31,39,40). The van der Waals surface area contributed by atoms with E-state index < -0.39 is 62.1 Å². The number of sulfonamides is 1. The van der Waals surface area contributed by atoms with Crippen LogP contribution in [-0.4, -0.2) is 36.0 Å². The fourth-order valence-corrected chi connectivity index (χ4v) is 8.59. The summed E-state index contributed by atoms with van der Waals surface area (Å²) in [5.41, 5.74) is 2.25. The van der Waals surface area contributed by atoms with E-state index in [0.29, 0.717) is 21.2 Å².